The summed E-state index contributed by atoms with van der Waals surface area (Å²) in [6.45, 7) is 10.3. The lowest BCUT2D eigenvalue weighted by Gasteiger charge is -2.09. The fourth-order valence-corrected chi connectivity index (χ4v) is 3.18. The molecular formula is C18H21NO3S. The predicted molar refractivity (Wildman–Crippen MR) is 95.2 cm³/mol. The second-order valence-corrected chi connectivity index (χ2v) is 6.52. The first-order chi connectivity index (χ1) is 10.9. The van der Waals surface area contributed by atoms with Crippen molar-refractivity contribution in [3.05, 3.63) is 46.9 Å². The van der Waals surface area contributed by atoms with E-state index in [1.807, 2.05) is 38.1 Å². The maximum atomic E-state index is 12.2. The number of rotatable bonds is 6. The molecular weight excluding hydrogens is 310 g/mol. The van der Waals surface area contributed by atoms with Gasteiger partial charge in [-0.3, -0.25) is 0 Å². The van der Waals surface area contributed by atoms with E-state index in [9.17, 15) is 4.79 Å². The van der Waals surface area contributed by atoms with Gasteiger partial charge in [0.2, 0.25) is 0 Å². The van der Waals surface area contributed by atoms with Gasteiger partial charge in [0.05, 0.1) is 6.61 Å². The minimum absolute atomic E-state index is 0.320. The van der Waals surface area contributed by atoms with E-state index in [4.69, 9.17) is 15.2 Å². The highest BCUT2D eigenvalue weighted by atomic mass is 32.1. The number of hydrogen-bond acceptors (Lipinski definition) is 5. The molecule has 0 saturated heterocycles. The minimum Gasteiger partial charge on any atom is -0.489 e. The van der Waals surface area contributed by atoms with Crippen molar-refractivity contribution in [2.75, 3.05) is 18.9 Å². The molecule has 1 heterocycles. The van der Waals surface area contributed by atoms with Crippen molar-refractivity contribution in [1.29, 1.82) is 0 Å². The van der Waals surface area contributed by atoms with Gasteiger partial charge in [0, 0.05) is 10.4 Å². The first kappa shape index (κ1) is 17.1. The van der Waals surface area contributed by atoms with Crippen LogP contribution in [0.4, 0.5) is 5.00 Å². The number of esters is 1. The third-order valence-electron chi connectivity index (χ3n) is 3.22. The SMILES string of the molecule is C=C(C)COc1ccc(-c2c(C)sc(N)c2C(=O)OCC)cc1. The van der Waals surface area contributed by atoms with Gasteiger partial charge in [0.15, 0.2) is 0 Å². The molecule has 0 radical (unpaired) electrons. The number of anilines is 1. The van der Waals surface area contributed by atoms with E-state index in [1.54, 1.807) is 6.92 Å². The summed E-state index contributed by atoms with van der Waals surface area (Å²) in [5, 5.41) is 0.485. The van der Waals surface area contributed by atoms with Gasteiger partial charge in [0.1, 0.15) is 22.9 Å². The topological polar surface area (TPSA) is 61.5 Å². The molecule has 1 aromatic heterocycles. The highest BCUT2D eigenvalue weighted by Crippen LogP contribution is 2.39. The van der Waals surface area contributed by atoms with Gasteiger partial charge in [0.25, 0.3) is 0 Å². The van der Waals surface area contributed by atoms with Crippen LogP contribution in [0.1, 0.15) is 29.1 Å². The molecule has 0 aliphatic rings. The summed E-state index contributed by atoms with van der Waals surface area (Å²) in [7, 11) is 0. The maximum absolute atomic E-state index is 12.2. The van der Waals surface area contributed by atoms with Gasteiger partial charge in [-0.2, -0.15) is 0 Å². The zero-order chi connectivity index (χ0) is 17.0. The largest absolute Gasteiger partial charge is 0.489 e. The first-order valence-electron chi connectivity index (χ1n) is 7.37. The molecule has 0 aliphatic carbocycles. The molecule has 1 aromatic carbocycles. The lowest BCUT2D eigenvalue weighted by atomic mass is 10.0. The van der Waals surface area contributed by atoms with E-state index in [2.05, 4.69) is 6.58 Å². The third kappa shape index (κ3) is 3.93. The summed E-state index contributed by atoms with van der Waals surface area (Å²) in [6.07, 6.45) is 0. The van der Waals surface area contributed by atoms with Crippen LogP contribution < -0.4 is 10.5 Å². The van der Waals surface area contributed by atoms with Crippen molar-refractivity contribution >= 4 is 22.3 Å². The smallest absolute Gasteiger partial charge is 0.341 e. The van der Waals surface area contributed by atoms with Crippen molar-refractivity contribution in [3.8, 4) is 16.9 Å². The standard InChI is InChI=1S/C18H21NO3S/c1-5-21-18(20)16-15(12(4)23-17(16)19)13-6-8-14(9-7-13)22-10-11(2)3/h6-9H,2,5,10,19H2,1,3-4H3. The summed E-state index contributed by atoms with van der Waals surface area (Å²) >= 11 is 1.40. The number of carbonyl (C=O) groups excluding carboxylic acids is 1. The molecule has 0 atom stereocenters. The van der Waals surface area contributed by atoms with E-state index < -0.39 is 0 Å². The second kappa shape index (κ2) is 7.33. The number of hydrogen-bond donors (Lipinski definition) is 1. The minimum atomic E-state index is -0.382. The van der Waals surface area contributed by atoms with Crippen LogP contribution in [-0.2, 0) is 4.74 Å². The molecule has 122 valence electrons. The lowest BCUT2D eigenvalue weighted by Crippen LogP contribution is -2.07. The molecule has 0 spiro atoms. The number of nitrogens with two attached hydrogens (primary N) is 1. The number of carbonyl (C=O) groups is 1. The van der Waals surface area contributed by atoms with E-state index in [-0.39, 0.29) is 5.97 Å². The summed E-state index contributed by atoms with van der Waals surface area (Å²) < 4.78 is 10.7. The highest BCUT2D eigenvalue weighted by Gasteiger charge is 2.22. The van der Waals surface area contributed by atoms with Gasteiger partial charge in [-0.1, -0.05) is 18.7 Å². The molecule has 2 aromatic rings. The molecule has 5 heteroatoms. The van der Waals surface area contributed by atoms with Crippen molar-refractivity contribution < 1.29 is 14.3 Å². The van der Waals surface area contributed by atoms with Gasteiger partial charge < -0.3 is 15.2 Å². The summed E-state index contributed by atoms with van der Waals surface area (Å²) in [6, 6.07) is 7.59. The fourth-order valence-electron chi connectivity index (χ4n) is 2.24. The Bertz CT molecular complexity index is 717. The van der Waals surface area contributed by atoms with Gasteiger partial charge >= 0.3 is 5.97 Å². The van der Waals surface area contributed by atoms with Crippen LogP contribution in [0, 0.1) is 6.92 Å². The van der Waals surface area contributed by atoms with E-state index in [1.165, 1.54) is 11.3 Å². The Morgan fingerprint density at radius 1 is 1.30 bits per heavy atom. The molecule has 2 N–H and O–H groups in total. The molecule has 0 bridgehead atoms. The normalized spacial score (nSPS) is 10.4. The summed E-state index contributed by atoms with van der Waals surface area (Å²) in [5.41, 5.74) is 9.16. The van der Waals surface area contributed by atoms with E-state index in [0.717, 1.165) is 27.3 Å². The Morgan fingerprint density at radius 2 is 1.96 bits per heavy atom. The molecule has 0 saturated carbocycles. The molecule has 0 aliphatic heterocycles. The Kier molecular flexibility index (Phi) is 5.45. The van der Waals surface area contributed by atoms with Crippen molar-refractivity contribution in [1.82, 2.24) is 0 Å². The van der Waals surface area contributed by atoms with E-state index >= 15 is 0 Å². The maximum Gasteiger partial charge on any atom is 0.341 e. The Labute approximate surface area is 140 Å². The van der Waals surface area contributed by atoms with Crippen molar-refractivity contribution in [2.45, 2.75) is 20.8 Å². The number of aryl methyl sites for hydroxylation is 1. The van der Waals surface area contributed by atoms with Crippen LogP contribution >= 0.6 is 11.3 Å². The zero-order valence-corrected chi connectivity index (χ0v) is 14.5. The van der Waals surface area contributed by atoms with Crippen LogP contribution in [0.25, 0.3) is 11.1 Å². The van der Waals surface area contributed by atoms with Crippen molar-refractivity contribution in [2.24, 2.45) is 0 Å². The molecule has 0 amide bonds. The predicted octanol–water partition coefficient (Wildman–Crippen LogP) is 4.44. The fraction of sp³-hybridized carbons (Fsp3) is 0.278. The van der Waals surface area contributed by atoms with Crippen LogP contribution in [-0.4, -0.2) is 19.2 Å². The number of thiophene rings is 1. The third-order valence-corrected chi connectivity index (χ3v) is 4.15. The Balaban J connectivity index is 2.34. The number of benzene rings is 1. The average Bonchev–Trinajstić information content (AvgIpc) is 2.80. The van der Waals surface area contributed by atoms with Gasteiger partial charge in [-0.15, -0.1) is 11.3 Å². The Hall–Kier alpha value is -2.27. The summed E-state index contributed by atoms with van der Waals surface area (Å²) in [5.74, 6) is 0.377. The monoisotopic (exact) mass is 331 g/mol. The van der Waals surface area contributed by atoms with Crippen LogP contribution in [0.2, 0.25) is 0 Å². The summed E-state index contributed by atoms with van der Waals surface area (Å²) in [4.78, 5) is 13.2. The highest BCUT2D eigenvalue weighted by molar-refractivity contribution is 7.16. The van der Waals surface area contributed by atoms with Crippen molar-refractivity contribution in [3.63, 3.8) is 0 Å². The lowest BCUT2D eigenvalue weighted by molar-refractivity contribution is 0.0529. The second-order valence-electron chi connectivity index (χ2n) is 5.26. The quantitative estimate of drug-likeness (QED) is 0.628. The average molecular weight is 331 g/mol. The van der Waals surface area contributed by atoms with Gasteiger partial charge in [-0.25, -0.2) is 4.79 Å². The molecule has 4 nitrogen and oxygen atoms in total. The van der Waals surface area contributed by atoms with Gasteiger partial charge in [-0.05, 0) is 44.0 Å². The zero-order valence-electron chi connectivity index (χ0n) is 13.6. The molecule has 23 heavy (non-hydrogen) atoms. The van der Waals surface area contributed by atoms with E-state index in [0.29, 0.717) is 23.8 Å². The molecule has 0 fully saturated rings. The van der Waals surface area contributed by atoms with Crippen LogP contribution in [0.15, 0.2) is 36.4 Å². The Morgan fingerprint density at radius 3 is 2.52 bits per heavy atom. The van der Waals surface area contributed by atoms with Crippen LogP contribution in [0.3, 0.4) is 0 Å². The molecule has 2 rings (SSSR count). The molecule has 0 unspecified atom stereocenters. The number of nitrogen functional groups attached to an aromatic ring is 1. The van der Waals surface area contributed by atoms with Crippen LogP contribution in [0.5, 0.6) is 5.75 Å². The number of ether oxygens (including phenoxy) is 2. The first-order valence-corrected chi connectivity index (χ1v) is 8.19.